The largest absolute Gasteiger partial charge is 0.462 e. The highest BCUT2D eigenvalue weighted by Gasteiger charge is 2.16. The molecule has 0 aromatic heterocycles. The van der Waals surface area contributed by atoms with Gasteiger partial charge in [0.1, 0.15) is 11.6 Å². The van der Waals surface area contributed by atoms with E-state index in [1.165, 1.54) is 6.20 Å². The molecule has 0 unspecified atom stereocenters. The number of nitriles is 1. The summed E-state index contributed by atoms with van der Waals surface area (Å²) in [6, 6.07) is 14.2. The lowest BCUT2D eigenvalue weighted by atomic mass is 10.1. The molecule has 2 aromatic carbocycles. The first-order valence-electron chi connectivity index (χ1n) is 9.48. The van der Waals surface area contributed by atoms with Gasteiger partial charge in [-0.05, 0) is 49.6 Å². The summed E-state index contributed by atoms with van der Waals surface area (Å²) >= 11 is 0. The van der Waals surface area contributed by atoms with Gasteiger partial charge in [0.15, 0.2) is 0 Å². The highest BCUT2D eigenvalue weighted by Crippen LogP contribution is 2.19. The Morgan fingerprint density at radius 1 is 1.10 bits per heavy atom. The number of benzene rings is 2. The molecule has 0 radical (unpaired) electrons. The van der Waals surface area contributed by atoms with Crippen LogP contribution in [0.5, 0.6) is 0 Å². The third-order valence-electron chi connectivity index (χ3n) is 4.47. The molecular weight excluding hydrogens is 366 g/mol. The summed E-state index contributed by atoms with van der Waals surface area (Å²) < 4.78 is 5.23. The molecule has 0 fully saturated rings. The number of amides is 1. The van der Waals surface area contributed by atoms with Crippen molar-refractivity contribution < 1.29 is 14.3 Å². The van der Waals surface area contributed by atoms with E-state index in [0.29, 0.717) is 12.3 Å². The van der Waals surface area contributed by atoms with Gasteiger partial charge in [0.05, 0.1) is 17.9 Å². The fourth-order valence-corrected chi connectivity index (χ4v) is 2.55. The Morgan fingerprint density at radius 3 is 2.55 bits per heavy atom. The summed E-state index contributed by atoms with van der Waals surface area (Å²) in [7, 11) is 0. The first-order valence-corrected chi connectivity index (χ1v) is 9.48. The second kappa shape index (κ2) is 10.7. The molecule has 29 heavy (non-hydrogen) atoms. The number of unbranched alkanes of at least 4 members (excludes halogenated alkanes) is 1. The topological polar surface area (TPSA) is 91.2 Å². The Balaban J connectivity index is 2.15. The molecule has 0 atom stereocenters. The molecule has 2 N–H and O–H groups in total. The fraction of sp³-hybridized carbons (Fsp3) is 0.261. The van der Waals surface area contributed by atoms with E-state index in [1.54, 1.807) is 24.3 Å². The van der Waals surface area contributed by atoms with Gasteiger partial charge < -0.3 is 15.4 Å². The van der Waals surface area contributed by atoms with E-state index < -0.39 is 11.9 Å². The van der Waals surface area contributed by atoms with E-state index in [4.69, 9.17) is 4.74 Å². The SMILES string of the molecule is CCCCOC(=O)c1ccccc1NC(=O)/C(C#N)=C\Nc1cccc(C)c1C. The minimum Gasteiger partial charge on any atom is -0.462 e. The third-order valence-corrected chi connectivity index (χ3v) is 4.47. The zero-order valence-corrected chi connectivity index (χ0v) is 16.9. The van der Waals surface area contributed by atoms with E-state index in [-0.39, 0.29) is 11.1 Å². The maximum atomic E-state index is 12.6. The van der Waals surface area contributed by atoms with E-state index >= 15 is 0 Å². The number of aryl methyl sites for hydroxylation is 1. The number of carbonyl (C=O) groups excluding carboxylic acids is 2. The molecule has 0 spiro atoms. The Labute approximate surface area is 171 Å². The van der Waals surface area contributed by atoms with Crippen LogP contribution in [0.15, 0.2) is 54.2 Å². The minimum atomic E-state index is -0.612. The number of para-hydroxylation sites is 1. The van der Waals surface area contributed by atoms with Crippen LogP contribution < -0.4 is 10.6 Å². The molecule has 0 aliphatic carbocycles. The average Bonchev–Trinajstić information content (AvgIpc) is 2.72. The van der Waals surface area contributed by atoms with Gasteiger partial charge in [-0.15, -0.1) is 0 Å². The maximum absolute atomic E-state index is 12.6. The number of rotatable bonds is 8. The van der Waals surface area contributed by atoms with Crippen LogP contribution in [0.2, 0.25) is 0 Å². The number of hydrogen-bond acceptors (Lipinski definition) is 5. The van der Waals surface area contributed by atoms with E-state index in [9.17, 15) is 14.9 Å². The van der Waals surface area contributed by atoms with Crippen LogP contribution in [0.25, 0.3) is 0 Å². The van der Waals surface area contributed by atoms with Gasteiger partial charge >= 0.3 is 5.97 Å². The Morgan fingerprint density at radius 2 is 1.83 bits per heavy atom. The molecule has 2 aromatic rings. The Bertz CT molecular complexity index is 958. The van der Waals surface area contributed by atoms with Crippen molar-refractivity contribution in [3.05, 3.63) is 70.9 Å². The summed E-state index contributed by atoms with van der Waals surface area (Å²) in [6.45, 7) is 6.27. The molecule has 0 aliphatic rings. The van der Waals surface area contributed by atoms with Crippen LogP contribution in [0.3, 0.4) is 0 Å². The number of hydrogen-bond donors (Lipinski definition) is 2. The molecular formula is C23H25N3O3. The molecule has 0 aliphatic heterocycles. The van der Waals surface area contributed by atoms with Gasteiger partial charge in [-0.2, -0.15) is 5.26 Å². The summed E-state index contributed by atoms with van der Waals surface area (Å²) in [4.78, 5) is 24.8. The number of anilines is 2. The van der Waals surface area contributed by atoms with Crippen LogP contribution >= 0.6 is 0 Å². The third kappa shape index (κ3) is 5.94. The monoisotopic (exact) mass is 391 g/mol. The standard InChI is InChI=1S/C23H25N3O3/c1-4-5-13-29-23(28)19-10-6-7-11-21(19)26-22(27)18(14-24)15-25-20-12-8-9-16(2)17(20)3/h6-12,15,25H,4-5,13H2,1-3H3,(H,26,27)/b18-15-. The number of carbonyl (C=O) groups is 2. The highest BCUT2D eigenvalue weighted by atomic mass is 16.5. The zero-order chi connectivity index (χ0) is 21.2. The van der Waals surface area contributed by atoms with Crippen LogP contribution in [0.1, 0.15) is 41.3 Å². The zero-order valence-electron chi connectivity index (χ0n) is 16.9. The summed E-state index contributed by atoms with van der Waals surface area (Å²) in [5.41, 5.74) is 3.37. The molecule has 0 heterocycles. The summed E-state index contributed by atoms with van der Waals surface area (Å²) in [6.07, 6.45) is 3.04. The van der Waals surface area contributed by atoms with Crippen molar-refractivity contribution in [1.29, 1.82) is 5.26 Å². The molecule has 1 amide bonds. The number of esters is 1. The number of nitrogens with zero attached hydrogens (tertiary/aromatic N) is 1. The van der Waals surface area contributed by atoms with Gasteiger partial charge in [-0.3, -0.25) is 4.79 Å². The van der Waals surface area contributed by atoms with Crippen LogP contribution in [-0.2, 0) is 9.53 Å². The molecule has 2 rings (SSSR count). The Kier molecular flexibility index (Phi) is 7.99. The van der Waals surface area contributed by atoms with Crippen LogP contribution in [0.4, 0.5) is 11.4 Å². The second-order valence-electron chi connectivity index (χ2n) is 6.55. The normalized spacial score (nSPS) is 10.8. The Hall–Kier alpha value is -3.59. The number of ether oxygens (including phenoxy) is 1. The van der Waals surface area contributed by atoms with Gasteiger partial charge in [-0.1, -0.05) is 37.6 Å². The lowest BCUT2D eigenvalue weighted by molar-refractivity contribution is -0.112. The molecule has 0 saturated carbocycles. The van der Waals surface area contributed by atoms with Gasteiger partial charge in [0.25, 0.3) is 5.91 Å². The van der Waals surface area contributed by atoms with Crippen molar-refractivity contribution in [2.24, 2.45) is 0 Å². The summed E-state index contributed by atoms with van der Waals surface area (Å²) in [5.74, 6) is -1.12. The number of nitrogens with one attached hydrogen (secondary N) is 2. The van der Waals surface area contributed by atoms with Crippen LogP contribution in [-0.4, -0.2) is 18.5 Å². The van der Waals surface area contributed by atoms with Crippen molar-refractivity contribution in [1.82, 2.24) is 0 Å². The van der Waals surface area contributed by atoms with Crippen molar-refractivity contribution in [3.8, 4) is 6.07 Å². The van der Waals surface area contributed by atoms with Crippen molar-refractivity contribution in [2.45, 2.75) is 33.6 Å². The lowest BCUT2D eigenvalue weighted by Gasteiger charge is -2.11. The van der Waals surface area contributed by atoms with Crippen molar-refractivity contribution >= 4 is 23.3 Å². The first kappa shape index (κ1) is 21.7. The van der Waals surface area contributed by atoms with Gasteiger partial charge in [0.2, 0.25) is 0 Å². The molecule has 6 heteroatoms. The van der Waals surface area contributed by atoms with E-state index in [1.807, 2.05) is 45.0 Å². The predicted octanol–water partition coefficient (Wildman–Crippen LogP) is 4.72. The van der Waals surface area contributed by atoms with Crippen molar-refractivity contribution in [3.63, 3.8) is 0 Å². The van der Waals surface area contributed by atoms with E-state index in [0.717, 1.165) is 29.7 Å². The fourth-order valence-electron chi connectivity index (χ4n) is 2.55. The maximum Gasteiger partial charge on any atom is 0.340 e. The molecule has 6 nitrogen and oxygen atoms in total. The van der Waals surface area contributed by atoms with E-state index in [2.05, 4.69) is 10.6 Å². The quantitative estimate of drug-likeness (QED) is 0.294. The highest BCUT2D eigenvalue weighted by molar-refractivity contribution is 6.09. The molecule has 0 bridgehead atoms. The average molecular weight is 391 g/mol. The van der Waals surface area contributed by atoms with Crippen LogP contribution in [0, 0.1) is 25.2 Å². The lowest BCUT2D eigenvalue weighted by Crippen LogP contribution is -2.18. The second-order valence-corrected chi connectivity index (χ2v) is 6.55. The van der Waals surface area contributed by atoms with Gasteiger partial charge in [0, 0.05) is 11.9 Å². The predicted molar refractivity (Wildman–Crippen MR) is 113 cm³/mol. The minimum absolute atomic E-state index is 0.111. The molecule has 0 saturated heterocycles. The molecule has 150 valence electrons. The van der Waals surface area contributed by atoms with Crippen molar-refractivity contribution in [2.75, 3.05) is 17.2 Å². The first-order chi connectivity index (χ1) is 14.0. The smallest absolute Gasteiger partial charge is 0.340 e. The van der Waals surface area contributed by atoms with Gasteiger partial charge in [-0.25, -0.2) is 4.79 Å². The summed E-state index contributed by atoms with van der Waals surface area (Å²) in [5, 5.41) is 15.0.